The molecule has 2 N–H and O–H groups in total. The monoisotopic (exact) mass is 250 g/mol. The topological polar surface area (TPSA) is 50.4 Å². The molecular formula is C14H22N2O2. The summed E-state index contributed by atoms with van der Waals surface area (Å²) in [5.74, 6) is 0. The van der Waals surface area contributed by atoms with E-state index in [0.29, 0.717) is 6.61 Å². The number of methoxy groups -OCH3 is 1. The summed E-state index contributed by atoms with van der Waals surface area (Å²) in [6, 6.07) is 5.83. The molecule has 0 saturated heterocycles. The van der Waals surface area contributed by atoms with Crippen LogP contribution in [0.3, 0.4) is 0 Å². The number of ether oxygens (including phenoxy) is 1. The molecule has 0 fully saturated rings. The van der Waals surface area contributed by atoms with E-state index in [9.17, 15) is 4.79 Å². The summed E-state index contributed by atoms with van der Waals surface area (Å²) in [5, 5.41) is 5.75. The van der Waals surface area contributed by atoms with Gasteiger partial charge in [0.1, 0.15) is 0 Å². The van der Waals surface area contributed by atoms with E-state index in [1.807, 2.05) is 32.0 Å². The summed E-state index contributed by atoms with van der Waals surface area (Å²) in [4.78, 5) is 11.8. The number of anilines is 1. The van der Waals surface area contributed by atoms with Gasteiger partial charge in [0, 0.05) is 12.8 Å². The number of benzene rings is 1. The molecule has 4 heteroatoms. The zero-order valence-electron chi connectivity index (χ0n) is 11.5. The van der Waals surface area contributed by atoms with Gasteiger partial charge in [0.05, 0.1) is 12.6 Å². The maximum absolute atomic E-state index is 11.8. The van der Waals surface area contributed by atoms with Crippen LogP contribution in [0.15, 0.2) is 18.2 Å². The van der Waals surface area contributed by atoms with E-state index < -0.39 is 0 Å². The Morgan fingerprint density at radius 1 is 1.44 bits per heavy atom. The smallest absolute Gasteiger partial charge is 0.319 e. The fourth-order valence-corrected chi connectivity index (χ4v) is 1.87. The van der Waals surface area contributed by atoms with Gasteiger partial charge < -0.3 is 15.4 Å². The van der Waals surface area contributed by atoms with Crippen molar-refractivity contribution in [1.29, 1.82) is 0 Å². The molecule has 1 atom stereocenters. The number of carbonyl (C=O) groups is 1. The molecule has 2 amide bonds. The molecule has 18 heavy (non-hydrogen) atoms. The Balaban J connectivity index is 2.69. The second kappa shape index (κ2) is 7.01. The van der Waals surface area contributed by atoms with E-state index in [1.54, 1.807) is 7.11 Å². The number of aryl methyl sites for hydroxylation is 2. The average molecular weight is 250 g/mol. The SMILES string of the molecule is CCc1cccc(C)c1NC(=O)N[C@H](C)COC. The molecule has 1 aromatic rings. The Hall–Kier alpha value is -1.55. The number of nitrogens with one attached hydrogen (secondary N) is 2. The average Bonchev–Trinajstić information content (AvgIpc) is 2.31. The molecule has 1 rings (SSSR count). The van der Waals surface area contributed by atoms with E-state index >= 15 is 0 Å². The van der Waals surface area contributed by atoms with Gasteiger partial charge >= 0.3 is 6.03 Å². The standard InChI is InChI=1S/C14H22N2O2/c1-5-12-8-6-7-10(2)13(12)16-14(17)15-11(3)9-18-4/h6-8,11H,5,9H2,1-4H3,(H2,15,16,17)/t11-/m1/s1. The number of rotatable bonds is 5. The van der Waals surface area contributed by atoms with Crippen molar-refractivity contribution in [1.82, 2.24) is 5.32 Å². The molecule has 0 aliphatic heterocycles. The van der Waals surface area contributed by atoms with Gasteiger partial charge in [0.2, 0.25) is 0 Å². The fraction of sp³-hybridized carbons (Fsp3) is 0.500. The van der Waals surface area contributed by atoms with E-state index in [-0.39, 0.29) is 12.1 Å². The van der Waals surface area contributed by atoms with Crippen LogP contribution in [0, 0.1) is 6.92 Å². The second-order valence-electron chi connectivity index (χ2n) is 4.42. The van der Waals surface area contributed by atoms with E-state index in [4.69, 9.17) is 4.74 Å². The number of amides is 2. The minimum Gasteiger partial charge on any atom is -0.383 e. The van der Waals surface area contributed by atoms with Crippen LogP contribution >= 0.6 is 0 Å². The van der Waals surface area contributed by atoms with Crippen molar-refractivity contribution in [3.63, 3.8) is 0 Å². The molecule has 0 heterocycles. The number of hydrogen-bond donors (Lipinski definition) is 2. The molecule has 4 nitrogen and oxygen atoms in total. The summed E-state index contributed by atoms with van der Waals surface area (Å²) in [7, 11) is 1.62. The van der Waals surface area contributed by atoms with Crippen LogP contribution in [0.4, 0.5) is 10.5 Å². The van der Waals surface area contributed by atoms with Gasteiger partial charge in [-0.15, -0.1) is 0 Å². The van der Waals surface area contributed by atoms with Gasteiger partial charge in [-0.2, -0.15) is 0 Å². The molecule has 0 aromatic heterocycles. The number of para-hydroxylation sites is 1. The van der Waals surface area contributed by atoms with Crippen molar-refractivity contribution in [2.75, 3.05) is 19.0 Å². The highest BCUT2D eigenvalue weighted by Crippen LogP contribution is 2.20. The van der Waals surface area contributed by atoms with Gasteiger partial charge in [0.15, 0.2) is 0 Å². The van der Waals surface area contributed by atoms with Gasteiger partial charge in [-0.3, -0.25) is 0 Å². The number of carbonyl (C=O) groups excluding carboxylic acids is 1. The van der Waals surface area contributed by atoms with E-state index in [2.05, 4.69) is 17.6 Å². The van der Waals surface area contributed by atoms with Gasteiger partial charge in [-0.05, 0) is 31.4 Å². The van der Waals surface area contributed by atoms with Crippen LogP contribution < -0.4 is 10.6 Å². The zero-order valence-corrected chi connectivity index (χ0v) is 11.5. The quantitative estimate of drug-likeness (QED) is 0.844. The minimum absolute atomic E-state index is 0.0101. The Morgan fingerprint density at radius 2 is 2.17 bits per heavy atom. The molecule has 100 valence electrons. The first-order valence-corrected chi connectivity index (χ1v) is 6.23. The third kappa shape index (κ3) is 4.04. The highest BCUT2D eigenvalue weighted by atomic mass is 16.5. The van der Waals surface area contributed by atoms with Crippen molar-refractivity contribution >= 4 is 11.7 Å². The third-order valence-electron chi connectivity index (χ3n) is 2.77. The lowest BCUT2D eigenvalue weighted by molar-refractivity contribution is 0.173. The summed E-state index contributed by atoms with van der Waals surface area (Å²) < 4.78 is 4.98. The fourth-order valence-electron chi connectivity index (χ4n) is 1.87. The van der Waals surface area contributed by atoms with Crippen molar-refractivity contribution in [3.05, 3.63) is 29.3 Å². The molecule has 0 bridgehead atoms. The Kier molecular flexibility index (Phi) is 5.65. The lowest BCUT2D eigenvalue weighted by Crippen LogP contribution is -2.38. The summed E-state index contributed by atoms with van der Waals surface area (Å²) >= 11 is 0. The first-order valence-electron chi connectivity index (χ1n) is 6.23. The molecule has 0 unspecified atom stereocenters. The lowest BCUT2D eigenvalue weighted by Gasteiger charge is -2.16. The van der Waals surface area contributed by atoms with Gasteiger partial charge in [0.25, 0.3) is 0 Å². The number of urea groups is 1. The predicted octanol–water partition coefficient (Wildman–Crippen LogP) is 2.71. The first-order chi connectivity index (χ1) is 8.58. The van der Waals surface area contributed by atoms with Crippen LogP contribution in [0.1, 0.15) is 25.0 Å². The maximum Gasteiger partial charge on any atom is 0.319 e. The van der Waals surface area contributed by atoms with Crippen LogP contribution in [0.25, 0.3) is 0 Å². The Bertz CT molecular complexity index is 405. The van der Waals surface area contributed by atoms with Crippen LogP contribution in [-0.2, 0) is 11.2 Å². The van der Waals surface area contributed by atoms with Gasteiger partial charge in [-0.1, -0.05) is 25.1 Å². The van der Waals surface area contributed by atoms with Crippen LogP contribution in [0.2, 0.25) is 0 Å². The molecule has 0 radical (unpaired) electrons. The maximum atomic E-state index is 11.8. The van der Waals surface area contributed by atoms with Crippen molar-refractivity contribution in [3.8, 4) is 0 Å². The summed E-state index contributed by atoms with van der Waals surface area (Å²) in [5.41, 5.74) is 3.12. The molecule has 0 spiro atoms. The van der Waals surface area contributed by atoms with Gasteiger partial charge in [-0.25, -0.2) is 4.79 Å². The molecule has 0 aliphatic carbocycles. The summed E-state index contributed by atoms with van der Waals surface area (Å²) in [6.45, 7) is 6.47. The highest BCUT2D eigenvalue weighted by Gasteiger charge is 2.10. The Labute approximate surface area is 109 Å². The predicted molar refractivity (Wildman–Crippen MR) is 74.0 cm³/mol. The Morgan fingerprint density at radius 3 is 2.78 bits per heavy atom. The highest BCUT2D eigenvalue weighted by molar-refractivity contribution is 5.91. The minimum atomic E-state index is -0.191. The van der Waals surface area contributed by atoms with Crippen molar-refractivity contribution in [2.45, 2.75) is 33.2 Å². The van der Waals surface area contributed by atoms with Crippen LogP contribution in [0.5, 0.6) is 0 Å². The molecule has 1 aromatic carbocycles. The van der Waals surface area contributed by atoms with E-state index in [1.165, 1.54) is 0 Å². The zero-order chi connectivity index (χ0) is 13.5. The molecule has 0 saturated carbocycles. The molecule has 0 aliphatic rings. The summed E-state index contributed by atoms with van der Waals surface area (Å²) in [6.07, 6.45) is 0.894. The normalized spacial score (nSPS) is 12.0. The first kappa shape index (κ1) is 14.5. The third-order valence-corrected chi connectivity index (χ3v) is 2.77. The molecular weight excluding hydrogens is 228 g/mol. The van der Waals surface area contributed by atoms with Crippen molar-refractivity contribution < 1.29 is 9.53 Å². The largest absolute Gasteiger partial charge is 0.383 e. The number of hydrogen-bond acceptors (Lipinski definition) is 2. The second-order valence-corrected chi connectivity index (χ2v) is 4.42. The van der Waals surface area contributed by atoms with Crippen LogP contribution in [-0.4, -0.2) is 25.8 Å². The van der Waals surface area contributed by atoms with Crippen molar-refractivity contribution in [2.24, 2.45) is 0 Å². The van der Waals surface area contributed by atoms with E-state index in [0.717, 1.165) is 23.2 Å². The lowest BCUT2D eigenvalue weighted by atomic mass is 10.1.